The number of aromatic nitrogens is 2. The van der Waals surface area contributed by atoms with Crippen LogP contribution in [-0.2, 0) is 10.2 Å². The first-order chi connectivity index (χ1) is 16.0. The second-order valence-electron chi connectivity index (χ2n) is 10.3. The van der Waals surface area contributed by atoms with Gasteiger partial charge < -0.3 is 25.6 Å². The molecule has 186 valence electrons. The molecule has 0 saturated heterocycles. The van der Waals surface area contributed by atoms with Crippen LogP contribution in [0, 0.1) is 0 Å². The minimum absolute atomic E-state index is 0.0271. The molecule has 0 unspecified atom stereocenters. The van der Waals surface area contributed by atoms with E-state index in [0.717, 1.165) is 49.0 Å². The number of rotatable bonds is 10. The van der Waals surface area contributed by atoms with Gasteiger partial charge in [0.25, 0.3) is 0 Å². The highest BCUT2D eigenvalue weighted by Gasteiger charge is 2.38. The fraction of sp³-hybridized carbons (Fsp3) is 0.577. The van der Waals surface area contributed by atoms with Crippen LogP contribution in [0.4, 0.5) is 17.1 Å². The number of hydrogen-bond acceptors (Lipinski definition) is 7. The molecule has 3 rings (SSSR count). The normalized spacial score (nSPS) is 22.8. The van der Waals surface area contributed by atoms with Crippen molar-refractivity contribution in [1.82, 2.24) is 9.97 Å². The molecule has 2 aromatic rings. The van der Waals surface area contributed by atoms with Gasteiger partial charge in [0.1, 0.15) is 0 Å². The molecule has 34 heavy (non-hydrogen) atoms. The molecule has 1 saturated carbocycles. The summed E-state index contributed by atoms with van der Waals surface area (Å²) in [6.07, 6.45) is 7.53. The van der Waals surface area contributed by atoms with Crippen LogP contribution in [0.3, 0.4) is 0 Å². The predicted octanol–water partition coefficient (Wildman–Crippen LogP) is 5.26. The van der Waals surface area contributed by atoms with Crippen LogP contribution < -0.4 is 15.4 Å². The van der Waals surface area contributed by atoms with Crippen LogP contribution >= 0.6 is 0 Å². The quantitative estimate of drug-likeness (QED) is 0.372. The van der Waals surface area contributed by atoms with Crippen LogP contribution in [0.25, 0.3) is 0 Å². The SMILES string of the molecule is CCOc1ncc(Nc2cc(C(C)(C)CC(=O)O)ccc2NC2(CC)CCC(C)(O)CC2)cn1. The molecule has 0 aliphatic heterocycles. The molecule has 0 radical (unpaired) electrons. The summed E-state index contributed by atoms with van der Waals surface area (Å²) in [5, 5.41) is 27.0. The van der Waals surface area contributed by atoms with E-state index in [1.54, 1.807) is 12.4 Å². The summed E-state index contributed by atoms with van der Waals surface area (Å²) in [7, 11) is 0. The van der Waals surface area contributed by atoms with Crippen molar-refractivity contribution < 1.29 is 19.7 Å². The molecule has 0 atom stereocenters. The maximum Gasteiger partial charge on any atom is 0.316 e. The second kappa shape index (κ2) is 10.2. The van der Waals surface area contributed by atoms with Crippen molar-refractivity contribution in [3.63, 3.8) is 0 Å². The summed E-state index contributed by atoms with van der Waals surface area (Å²) in [6, 6.07) is 6.33. The molecule has 1 heterocycles. The van der Waals surface area contributed by atoms with Crippen molar-refractivity contribution >= 4 is 23.0 Å². The lowest BCUT2D eigenvalue weighted by Gasteiger charge is -2.44. The van der Waals surface area contributed by atoms with E-state index in [2.05, 4.69) is 27.5 Å². The van der Waals surface area contributed by atoms with Crippen molar-refractivity contribution in [1.29, 1.82) is 0 Å². The molecule has 1 aliphatic rings. The number of aliphatic carboxylic acids is 1. The molecular weight excluding hydrogens is 432 g/mol. The van der Waals surface area contributed by atoms with Crippen molar-refractivity contribution in [2.45, 2.75) is 89.7 Å². The molecule has 1 aromatic heterocycles. The average Bonchev–Trinajstić information content (AvgIpc) is 2.77. The van der Waals surface area contributed by atoms with Gasteiger partial charge in [0.05, 0.1) is 48.1 Å². The standard InChI is InChI=1S/C26H38N4O4/c1-6-26(12-10-25(5,33)11-13-26)30-20-9-8-18(24(3,4)15-22(31)32)14-21(20)29-19-16-27-23(28-17-19)34-7-2/h8-9,14,16-17,29-30,33H,6-7,10-13,15H2,1-5H3,(H,31,32). The highest BCUT2D eigenvalue weighted by molar-refractivity contribution is 5.76. The first kappa shape index (κ1) is 25.7. The van der Waals surface area contributed by atoms with Gasteiger partial charge in [-0.25, -0.2) is 9.97 Å². The van der Waals surface area contributed by atoms with Crippen molar-refractivity contribution in [2.75, 3.05) is 17.2 Å². The van der Waals surface area contributed by atoms with Gasteiger partial charge in [-0.15, -0.1) is 0 Å². The van der Waals surface area contributed by atoms with E-state index in [1.165, 1.54) is 0 Å². The molecular formula is C26H38N4O4. The number of aliphatic hydroxyl groups is 1. The molecule has 1 aliphatic carbocycles. The summed E-state index contributed by atoms with van der Waals surface area (Å²) in [5.74, 6) is -0.833. The molecule has 0 amide bonds. The molecule has 0 bridgehead atoms. The summed E-state index contributed by atoms with van der Waals surface area (Å²) < 4.78 is 5.34. The average molecular weight is 471 g/mol. The summed E-state index contributed by atoms with van der Waals surface area (Å²) in [6.45, 7) is 10.3. The number of nitrogens with one attached hydrogen (secondary N) is 2. The third-order valence-electron chi connectivity index (χ3n) is 6.94. The smallest absolute Gasteiger partial charge is 0.316 e. The first-order valence-corrected chi connectivity index (χ1v) is 12.1. The van der Waals surface area contributed by atoms with Gasteiger partial charge in [-0.05, 0) is 63.6 Å². The number of anilines is 3. The van der Waals surface area contributed by atoms with E-state index in [1.807, 2.05) is 45.9 Å². The largest absolute Gasteiger partial charge is 0.481 e. The summed E-state index contributed by atoms with van der Waals surface area (Å²) in [4.78, 5) is 19.9. The fourth-order valence-corrected chi connectivity index (χ4v) is 4.52. The minimum Gasteiger partial charge on any atom is -0.481 e. The Morgan fingerprint density at radius 3 is 2.32 bits per heavy atom. The highest BCUT2D eigenvalue weighted by atomic mass is 16.5. The lowest BCUT2D eigenvalue weighted by molar-refractivity contribution is -0.138. The third-order valence-corrected chi connectivity index (χ3v) is 6.94. The second-order valence-corrected chi connectivity index (χ2v) is 10.3. The van der Waals surface area contributed by atoms with Crippen LogP contribution in [-0.4, -0.2) is 43.9 Å². The van der Waals surface area contributed by atoms with Gasteiger partial charge in [0, 0.05) is 11.0 Å². The number of benzene rings is 1. The maximum atomic E-state index is 11.4. The fourth-order valence-electron chi connectivity index (χ4n) is 4.52. The Labute approximate surface area is 202 Å². The van der Waals surface area contributed by atoms with E-state index in [9.17, 15) is 15.0 Å². The summed E-state index contributed by atoms with van der Waals surface area (Å²) >= 11 is 0. The van der Waals surface area contributed by atoms with Crippen molar-refractivity contribution in [3.8, 4) is 6.01 Å². The van der Waals surface area contributed by atoms with Gasteiger partial charge >= 0.3 is 12.0 Å². The molecule has 0 spiro atoms. The Bertz CT molecular complexity index is 979. The van der Waals surface area contributed by atoms with Gasteiger partial charge in [0.15, 0.2) is 0 Å². The predicted molar refractivity (Wildman–Crippen MR) is 134 cm³/mol. The van der Waals surface area contributed by atoms with E-state index in [0.29, 0.717) is 18.3 Å². The Morgan fingerprint density at radius 2 is 1.76 bits per heavy atom. The first-order valence-electron chi connectivity index (χ1n) is 12.1. The van der Waals surface area contributed by atoms with Gasteiger partial charge in [0.2, 0.25) is 0 Å². The Balaban J connectivity index is 1.95. The van der Waals surface area contributed by atoms with E-state index in [-0.39, 0.29) is 12.0 Å². The topological polar surface area (TPSA) is 117 Å². The molecule has 4 N–H and O–H groups in total. The van der Waals surface area contributed by atoms with Crippen LogP contribution in [0.2, 0.25) is 0 Å². The zero-order chi connectivity index (χ0) is 25.0. The zero-order valence-electron chi connectivity index (χ0n) is 20.9. The molecule has 1 aromatic carbocycles. The van der Waals surface area contributed by atoms with Crippen molar-refractivity contribution in [2.24, 2.45) is 0 Å². The monoisotopic (exact) mass is 470 g/mol. The van der Waals surface area contributed by atoms with Gasteiger partial charge in [-0.3, -0.25) is 4.79 Å². The minimum atomic E-state index is -0.833. The summed E-state index contributed by atoms with van der Waals surface area (Å²) in [5.41, 5.74) is 2.10. The lowest BCUT2D eigenvalue weighted by Crippen LogP contribution is -2.46. The van der Waals surface area contributed by atoms with Crippen LogP contribution in [0.5, 0.6) is 6.01 Å². The molecule has 1 fully saturated rings. The van der Waals surface area contributed by atoms with Gasteiger partial charge in [-0.2, -0.15) is 0 Å². The number of nitrogens with zero attached hydrogens (tertiary/aromatic N) is 2. The number of carboxylic acids is 1. The number of hydrogen-bond donors (Lipinski definition) is 4. The Hall–Kier alpha value is -2.87. The van der Waals surface area contributed by atoms with Gasteiger partial charge in [-0.1, -0.05) is 26.8 Å². The highest BCUT2D eigenvalue weighted by Crippen LogP contribution is 2.41. The number of carboxylic acid groups (broad SMARTS) is 1. The van der Waals surface area contributed by atoms with Crippen molar-refractivity contribution in [3.05, 3.63) is 36.2 Å². The third kappa shape index (κ3) is 6.38. The van der Waals surface area contributed by atoms with E-state index in [4.69, 9.17) is 4.74 Å². The maximum absolute atomic E-state index is 11.4. The number of carbonyl (C=O) groups is 1. The molecule has 8 heteroatoms. The van der Waals surface area contributed by atoms with E-state index < -0.39 is 17.0 Å². The Kier molecular flexibility index (Phi) is 7.70. The van der Waals surface area contributed by atoms with Crippen LogP contribution in [0.15, 0.2) is 30.6 Å². The number of ether oxygens (including phenoxy) is 1. The Morgan fingerprint density at radius 1 is 1.12 bits per heavy atom. The lowest BCUT2D eigenvalue weighted by atomic mass is 9.73. The van der Waals surface area contributed by atoms with E-state index >= 15 is 0 Å². The van der Waals surface area contributed by atoms with Crippen LogP contribution in [0.1, 0.15) is 78.7 Å². The zero-order valence-corrected chi connectivity index (χ0v) is 20.9. The molecule has 8 nitrogen and oxygen atoms in total.